The van der Waals surface area contributed by atoms with Gasteiger partial charge in [-0.3, -0.25) is 9.59 Å². The van der Waals surface area contributed by atoms with Gasteiger partial charge in [-0.2, -0.15) is 0 Å². The van der Waals surface area contributed by atoms with Crippen molar-refractivity contribution in [2.75, 3.05) is 0 Å². The van der Waals surface area contributed by atoms with Crippen LogP contribution in [0.5, 0.6) is 0 Å². The molecule has 0 aliphatic rings. The third-order valence-corrected chi connectivity index (χ3v) is 1.90. The van der Waals surface area contributed by atoms with Crippen LogP contribution in [-0.4, -0.2) is 22.0 Å². The Balaban J connectivity index is 2.31. The summed E-state index contributed by atoms with van der Waals surface area (Å²) in [5.41, 5.74) is 0.639. The zero-order chi connectivity index (χ0) is 10.8. The fourth-order valence-electron chi connectivity index (χ4n) is 1.19. The average Bonchev–Trinajstić information content (AvgIpc) is 2.84. The van der Waals surface area contributed by atoms with Crippen molar-refractivity contribution < 1.29 is 14.0 Å². The predicted molar refractivity (Wildman–Crippen MR) is 50.9 cm³/mol. The van der Waals surface area contributed by atoms with Gasteiger partial charge in [0.2, 0.25) is 0 Å². The molecule has 0 aromatic carbocycles. The Bertz CT molecular complexity index is 510. The minimum Gasteiger partial charge on any atom is -0.439 e. The highest BCUT2D eigenvalue weighted by Crippen LogP contribution is 2.09. The molecule has 0 aliphatic carbocycles. The molecule has 2 rings (SSSR count). The quantitative estimate of drug-likeness (QED) is 0.604. The van der Waals surface area contributed by atoms with Crippen molar-refractivity contribution in [2.45, 2.75) is 6.92 Å². The normalized spacial score (nSPS) is 10.2. The highest BCUT2D eigenvalue weighted by molar-refractivity contribution is 6.05. The number of aryl methyl sites for hydroxylation is 1. The van der Waals surface area contributed by atoms with Crippen LogP contribution in [-0.2, 0) is 0 Å². The van der Waals surface area contributed by atoms with E-state index in [1.54, 1.807) is 6.92 Å². The molecule has 0 saturated carbocycles. The third-order valence-electron chi connectivity index (χ3n) is 1.90. The van der Waals surface area contributed by atoms with E-state index in [4.69, 9.17) is 4.42 Å². The van der Waals surface area contributed by atoms with Crippen LogP contribution in [0.25, 0.3) is 0 Å². The molecule has 0 atom stereocenters. The second-order valence-electron chi connectivity index (χ2n) is 3.05. The van der Waals surface area contributed by atoms with E-state index in [1.165, 1.54) is 18.3 Å². The van der Waals surface area contributed by atoms with Gasteiger partial charge in [0.05, 0.1) is 17.6 Å². The smallest absolute Gasteiger partial charge is 0.270 e. The van der Waals surface area contributed by atoms with Crippen molar-refractivity contribution in [3.05, 3.63) is 41.4 Å². The maximum absolute atomic E-state index is 11.7. The van der Waals surface area contributed by atoms with Crippen LogP contribution in [0.15, 0.2) is 22.7 Å². The molecule has 0 spiro atoms. The molecular formula is C10H8N2O3. The molecule has 76 valence electrons. The second kappa shape index (κ2) is 3.53. The van der Waals surface area contributed by atoms with E-state index in [2.05, 4.69) is 9.97 Å². The van der Waals surface area contributed by atoms with Gasteiger partial charge in [0, 0.05) is 0 Å². The number of H-pyrrole nitrogens is 1. The molecule has 0 aliphatic heterocycles. The minimum atomic E-state index is -0.365. The molecule has 0 unspecified atom stereocenters. The lowest BCUT2D eigenvalue weighted by Gasteiger charge is -1.90. The van der Waals surface area contributed by atoms with Crippen LogP contribution in [0.3, 0.4) is 0 Å². The number of carbonyl (C=O) groups is 2. The van der Waals surface area contributed by atoms with E-state index in [0.29, 0.717) is 23.4 Å². The number of aromatic amines is 1. The molecule has 0 saturated heterocycles. The molecule has 5 nitrogen and oxygen atoms in total. The Kier molecular flexibility index (Phi) is 2.21. The maximum Gasteiger partial charge on any atom is 0.270 e. The summed E-state index contributed by atoms with van der Waals surface area (Å²) in [5, 5.41) is 0. The first-order valence-corrected chi connectivity index (χ1v) is 4.32. The van der Waals surface area contributed by atoms with E-state index in [0.717, 1.165) is 0 Å². The number of carbonyl (C=O) groups excluding carboxylic acids is 2. The summed E-state index contributed by atoms with van der Waals surface area (Å²) < 4.78 is 5.07. The number of ketones is 1. The van der Waals surface area contributed by atoms with Crippen molar-refractivity contribution >= 4 is 12.1 Å². The third kappa shape index (κ3) is 1.71. The number of hydrogen-bond acceptors (Lipinski definition) is 4. The van der Waals surface area contributed by atoms with Gasteiger partial charge in [0.25, 0.3) is 11.7 Å². The molecule has 2 aromatic rings. The summed E-state index contributed by atoms with van der Waals surface area (Å²) in [6.45, 7) is 1.70. The SMILES string of the molecule is Cc1cnc(C(=O)c2ccc(C=O)[nH]2)o1. The zero-order valence-corrected chi connectivity index (χ0v) is 7.98. The minimum absolute atomic E-state index is 0.0202. The lowest BCUT2D eigenvalue weighted by molar-refractivity contribution is 0.0997. The lowest BCUT2D eigenvalue weighted by Crippen LogP contribution is -2.02. The number of hydrogen-bond donors (Lipinski definition) is 1. The number of nitrogens with one attached hydrogen (secondary N) is 1. The van der Waals surface area contributed by atoms with Gasteiger partial charge in [-0.25, -0.2) is 4.98 Å². The molecule has 5 heteroatoms. The average molecular weight is 204 g/mol. The summed E-state index contributed by atoms with van der Waals surface area (Å²) in [6, 6.07) is 3.04. The van der Waals surface area contributed by atoms with Crippen molar-refractivity contribution in [1.82, 2.24) is 9.97 Å². The fourth-order valence-corrected chi connectivity index (χ4v) is 1.19. The molecule has 0 radical (unpaired) electrons. The predicted octanol–water partition coefficient (Wildman–Crippen LogP) is 1.35. The molecule has 2 heterocycles. The van der Waals surface area contributed by atoms with E-state index in [1.807, 2.05) is 0 Å². The summed E-state index contributed by atoms with van der Waals surface area (Å²) in [7, 11) is 0. The van der Waals surface area contributed by atoms with E-state index in [-0.39, 0.29) is 11.7 Å². The number of rotatable bonds is 3. The summed E-state index contributed by atoms with van der Waals surface area (Å²) in [6.07, 6.45) is 2.11. The van der Waals surface area contributed by atoms with Crippen molar-refractivity contribution in [1.29, 1.82) is 0 Å². The van der Waals surface area contributed by atoms with Gasteiger partial charge in [0.1, 0.15) is 5.76 Å². The number of nitrogens with zero attached hydrogens (tertiary/aromatic N) is 1. The zero-order valence-electron chi connectivity index (χ0n) is 7.98. The molecule has 0 amide bonds. The van der Waals surface area contributed by atoms with Crippen molar-refractivity contribution in [2.24, 2.45) is 0 Å². The van der Waals surface area contributed by atoms with Crippen LogP contribution in [0.2, 0.25) is 0 Å². The number of aromatic nitrogens is 2. The first-order valence-electron chi connectivity index (χ1n) is 4.32. The maximum atomic E-state index is 11.7. The van der Waals surface area contributed by atoms with Crippen LogP contribution in [0, 0.1) is 6.92 Å². The van der Waals surface area contributed by atoms with E-state index >= 15 is 0 Å². The Morgan fingerprint density at radius 2 is 2.33 bits per heavy atom. The first-order chi connectivity index (χ1) is 7.20. The van der Waals surface area contributed by atoms with Crippen molar-refractivity contribution in [3.8, 4) is 0 Å². The molecule has 1 N–H and O–H groups in total. The Labute approximate surface area is 85.1 Å². The Morgan fingerprint density at radius 1 is 1.53 bits per heavy atom. The Morgan fingerprint density at radius 3 is 2.87 bits per heavy atom. The van der Waals surface area contributed by atoms with Gasteiger partial charge in [0.15, 0.2) is 6.29 Å². The molecule has 0 bridgehead atoms. The van der Waals surface area contributed by atoms with Gasteiger partial charge < -0.3 is 9.40 Å². The van der Waals surface area contributed by atoms with Gasteiger partial charge in [-0.1, -0.05) is 0 Å². The van der Waals surface area contributed by atoms with Gasteiger partial charge in [-0.05, 0) is 19.1 Å². The monoisotopic (exact) mass is 204 g/mol. The molecule has 2 aromatic heterocycles. The summed E-state index contributed by atoms with van der Waals surface area (Å²) in [4.78, 5) is 28.5. The number of aldehydes is 1. The summed E-state index contributed by atoms with van der Waals surface area (Å²) in [5.74, 6) is 0.225. The van der Waals surface area contributed by atoms with Crippen LogP contribution < -0.4 is 0 Å². The van der Waals surface area contributed by atoms with Crippen LogP contribution >= 0.6 is 0 Å². The standard InChI is InChI=1S/C10H8N2O3/c1-6-4-11-10(15-6)9(14)8-3-2-7(5-13)12-8/h2-5,12H,1H3. The van der Waals surface area contributed by atoms with E-state index < -0.39 is 0 Å². The van der Waals surface area contributed by atoms with Gasteiger partial charge >= 0.3 is 0 Å². The number of oxazole rings is 1. The lowest BCUT2D eigenvalue weighted by atomic mass is 10.3. The Hall–Kier alpha value is -2.17. The largest absolute Gasteiger partial charge is 0.439 e. The first kappa shape index (κ1) is 9.39. The fraction of sp³-hybridized carbons (Fsp3) is 0.100. The molecule has 0 fully saturated rings. The summed E-state index contributed by atoms with van der Waals surface area (Å²) >= 11 is 0. The topological polar surface area (TPSA) is 76.0 Å². The second-order valence-corrected chi connectivity index (χ2v) is 3.05. The highest BCUT2D eigenvalue weighted by Gasteiger charge is 2.16. The highest BCUT2D eigenvalue weighted by atomic mass is 16.4. The van der Waals surface area contributed by atoms with Gasteiger partial charge in [-0.15, -0.1) is 0 Å². The molecular weight excluding hydrogens is 196 g/mol. The molecule has 15 heavy (non-hydrogen) atoms. The van der Waals surface area contributed by atoms with Crippen LogP contribution in [0.1, 0.15) is 32.6 Å². The van der Waals surface area contributed by atoms with Crippen LogP contribution in [0.4, 0.5) is 0 Å². The van der Waals surface area contributed by atoms with Crippen molar-refractivity contribution in [3.63, 3.8) is 0 Å². The van der Waals surface area contributed by atoms with E-state index in [9.17, 15) is 9.59 Å².